The van der Waals surface area contributed by atoms with Gasteiger partial charge in [-0.3, -0.25) is 9.48 Å². The average molecular weight is 416 g/mol. The molecule has 1 atom stereocenters. The summed E-state index contributed by atoms with van der Waals surface area (Å²) in [6.07, 6.45) is 7.27. The maximum absolute atomic E-state index is 12.8. The quantitative estimate of drug-likeness (QED) is 0.511. The van der Waals surface area contributed by atoms with Crippen LogP contribution >= 0.6 is 0 Å². The van der Waals surface area contributed by atoms with Crippen LogP contribution in [0.25, 0.3) is 16.8 Å². The number of likely N-dealkylation sites (tertiary alicyclic amines) is 1. The summed E-state index contributed by atoms with van der Waals surface area (Å²) >= 11 is 0. The molecule has 0 saturated carbocycles. The van der Waals surface area contributed by atoms with E-state index in [1.807, 2.05) is 59.1 Å². The van der Waals surface area contributed by atoms with Gasteiger partial charge in [-0.05, 0) is 42.7 Å². The fourth-order valence-electron chi connectivity index (χ4n) is 4.13. The lowest BCUT2D eigenvalue weighted by atomic mass is 9.97. The van der Waals surface area contributed by atoms with E-state index >= 15 is 0 Å². The maximum Gasteiger partial charge on any atom is 0.257 e. The molecule has 0 radical (unpaired) electrons. The summed E-state index contributed by atoms with van der Waals surface area (Å²) in [5, 5.41) is 8.87. The van der Waals surface area contributed by atoms with Crippen LogP contribution in [-0.4, -0.2) is 55.4 Å². The van der Waals surface area contributed by atoms with E-state index in [2.05, 4.69) is 5.10 Å². The summed E-state index contributed by atoms with van der Waals surface area (Å²) < 4.78 is 8.81. The number of benzene rings is 1. The van der Waals surface area contributed by atoms with Gasteiger partial charge >= 0.3 is 0 Å². The number of fused-ring (bicyclic) bond motifs is 1. The highest BCUT2D eigenvalue weighted by Crippen LogP contribution is 2.28. The van der Waals surface area contributed by atoms with Crippen molar-refractivity contribution in [3.8, 4) is 16.9 Å². The Morgan fingerprint density at radius 3 is 2.87 bits per heavy atom. The molecule has 0 spiro atoms. The van der Waals surface area contributed by atoms with Crippen LogP contribution in [0, 0.1) is 0 Å². The van der Waals surface area contributed by atoms with Gasteiger partial charge in [-0.15, -0.1) is 0 Å². The molecule has 158 valence electrons. The van der Waals surface area contributed by atoms with Crippen molar-refractivity contribution in [1.29, 1.82) is 0 Å². The number of aryl methyl sites for hydroxylation is 1. The Morgan fingerprint density at radius 1 is 1.16 bits per heavy atom. The first-order chi connectivity index (χ1) is 15.1. The number of piperidine rings is 1. The number of hydrogen-bond donors (Lipinski definition) is 0. The van der Waals surface area contributed by atoms with E-state index in [4.69, 9.17) is 14.8 Å². The summed E-state index contributed by atoms with van der Waals surface area (Å²) in [6.45, 7) is 1.37. The molecule has 4 heterocycles. The molecule has 8 nitrogen and oxygen atoms in total. The molecule has 31 heavy (non-hydrogen) atoms. The van der Waals surface area contributed by atoms with Crippen molar-refractivity contribution < 1.29 is 9.53 Å². The van der Waals surface area contributed by atoms with E-state index < -0.39 is 0 Å². The Kier molecular flexibility index (Phi) is 4.89. The molecule has 1 aliphatic rings. The number of amides is 1. The van der Waals surface area contributed by atoms with Crippen LogP contribution in [-0.2, 0) is 7.05 Å². The molecule has 0 unspecified atom stereocenters. The lowest BCUT2D eigenvalue weighted by molar-refractivity contribution is 0.0704. The molecule has 0 aliphatic carbocycles. The third kappa shape index (κ3) is 3.76. The van der Waals surface area contributed by atoms with Crippen LogP contribution in [0.2, 0.25) is 0 Å². The van der Waals surface area contributed by atoms with Gasteiger partial charge in [0.05, 0.1) is 18.9 Å². The fraction of sp³-hybridized carbons (Fsp3) is 0.304. The zero-order valence-electron chi connectivity index (χ0n) is 17.6. The topological polar surface area (TPSA) is 77.5 Å². The van der Waals surface area contributed by atoms with Gasteiger partial charge in [0, 0.05) is 44.0 Å². The highest BCUT2D eigenvalue weighted by atomic mass is 16.5. The summed E-state index contributed by atoms with van der Waals surface area (Å²) in [4.78, 5) is 19.5. The molecule has 1 saturated heterocycles. The van der Waals surface area contributed by atoms with Gasteiger partial charge in [0.25, 0.3) is 5.91 Å². The van der Waals surface area contributed by atoms with Crippen molar-refractivity contribution in [2.45, 2.75) is 18.8 Å². The number of aromatic nitrogens is 5. The van der Waals surface area contributed by atoms with Crippen LogP contribution in [0.5, 0.6) is 5.75 Å². The second-order valence-corrected chi connectivity index (χ2v) is 7.92. The van der Waals surface area contributed by atoms with Gasteiger partial charge in [-0.2, -0.15) is 10.2 Å². The zero-order valence-corrected chi connectivity index (χ0v) is 17.6. The number of hydrogen-bond acceptors (Lipinski definition) is 5. The number of carbonyl (C=O) groups is 1. The van der Waals surface area contributed by atoms with Crippen LogP contribution in [0.1, 0.15) is 34.9 Å². The van der Waals surface area contributed by atoms with E-state index in [9.17, 15) is 4.79 Å². The van der Waals surface area contributed by atoms with Crippen LogP contribution < -0.4 is 4.74 Å². The highest BCUT2D eigenvalue weighted by Gasteiger charge is 2.28. The van der Waals surface area contributed by atoms with Gasteiger partial charge in [0.1, 0.15) is 5.75 Å². The Labute approximate surface area is 180 Å². The molecule has 8 heteroatoms. The summed E-state index contributed by atoms with van der Waals surface area (Å²) in [6, 6.07) is 12.0. The lowest BCUT2D eigenvalue weighted by Gasteiger charge is -2.31. The van der Waals surface area contributed by atoms with E-state index in [-0.39, 0.29) is 11.8 Å². The van der Waals surface area contributed by atoms with Crippen molar-refractivity contribution in [2.75, 3.05) is 20.2 Å². The van der Waals surface area contributed by atoms with Gasteiger partial charge in [0.2, 0.25) is 0 Å². The Morgan fingerprint density at radius 2 is 2.06 bits per heavy atom. The van der Waals surface area contributed by atoms with E-state index in [0.29, 0.717) is 12.1 Å². The molecule has 0 N–H and O–H groups in total. The Bertz CT molecular complexity index is 1240. The van der Waals surface area contributed by atoms with Crippen molar-refractivity contribution in [3.05, 3.63) is 66.4 Å². The third-order valence-electron chi connectivity index (χ3n) is 5.78. The molecular formula is C23H24N6O2. The third-order valence-corrected chi connectivity index (χ3v) is 5.78. The fourth-order valence-corrected chi connectivity index (χ4v) is 4.13. The number of carbonyl (C=O) groups excluding carboxylic acids is 1. The van der Waals surface area contributed by atoms with Gasteiger partial charge in [-0.1, -0.05) is 12.1 Å². The lowest BCUT2D eigenvalue weighted by Crippen LogP contribution is -2.39. The van der Waals surface area contributed by atoms with E-state index in [1.54, 1.807) is 24.2 Å². The van der Waals surface area contributed by atoms with Gasteiger partial charge in [0.15, 0.2) is 11.5 Å². The number of nitrogens with zero attached hydrogens (tertiary/aromatic N) is 6. The second-order valence-electron chi connectivity index (χ2n) is 7.92. The van der Waals surface area contributed by atoms with Crippen molar-refractivity contribution in [1.82, 2.24) is 29.3 Å². The molecule has 3 aromatic heterocycles. The minimum absolute atomic E-state index is 0.0156. The summed E-state index contributed by atoms with van der Waals surface area (Å²) in [5.74, 6) is 1.74. The minimum Gasteiger partial charge on any atom is -0.497 e. The largest absolute Gasteiger partial charge is 0.497 e. The highest BCUT2D eigenvalue weighted by molar-refractivity contribution is 5.93. The molecule has 1 aromatic carbocycles. The normalized spacial score (nSPS) is 16.6. The SMILES string of the molecule is COc1cccc(-c2ccc3nc([C@@H]4CCCN(C(=O)c5cnn(C)c5)C4)nn3c2)c1. The summed E-state index contributed by atoms with van der Waals surface area (Å²) in [5.41, 5.74) is 3.52. The number of rotatable bonds is 4. The monoisotopic (exact) mass is 416 g/mol. The van der Waals surface area contributed by atoms with Crippen molar-refractivity contribution >= 4 is 11.6 Å². The number of ether oxygens (including phenoxy) is 1. The van der Waals surface area contributed by atoms with E-state index in [1.165, 1.54) is 0 Å². The van der Waals surface area contributed by atoms with Gasteiger partial charge < -0.3 is 9.64 Å². The predicted molar refractivity (Wildman–Crippen MR) is 116 cm³/mol. The minimum atomic E-state index is 0.0156. The summed E-state index contributed by atoms with van der Waals surface area (Å²) in [7, 11) is 3.48. The molecule has 1 aliphatic heterocycles. The Hall–Kier alpha value is -3.68. The first kappa shape index (κ1) is 19.3. The van der Waals surface area contributed by atoms with Crippen LogP contribution in [0.15, 0.2) is 55.0 Å². The molecule has 5 rings (SSSR count). The standard InChI is InChI=1S/C23H24N6O2/c1-27-13-19(12-24-27)23(30)28-10-4-6-18(14-28)22-25-21-9-8-17(15-29(21)26-22)16-5-3-7-20(11-16)31-2/h3,5,7-9,11-13,15,18H,4,6,10,14H2,1-2H3/t18-/m1/s1. The van der Waals surface area contributed by atoms with Crippen molar-refractivity contribution in [3.63, 3.8) is 0 Å². The second kappa shape index (κ2) is 7.86. The molecule has 1 amide bonds. The number of methoxy groups -OCH3 is 1. The number of pyridine rings is 1. The predicted octanol–water partition coefficient (Wildman–Crippen LogP) is 3.16. The van der Waals surface area contributed by atoms with Crippen molar-refractivity contribution in [2.24, 2.45) is 7.05 Å². The van der Waals surface area contributed by atoms with Gasteiger partial charge in [-0.25, -0.2) is 9.50 Å². The smallest absolute Gasteiger partial charge is 0.257 e. The first-order valence-corrected chi connectivity index (χ1v) is 10.4. The van der Waals surface area contributed by atoms with Crippen LogP contribution in [0.3, 0.4) is 0 Å². The molecular weight excluding hydrogens is 392 g/mol. The molecule has 0 bridgehead atoms. The first-order valence-electron chi connectivity index (χ1n) is 10.4. The molecule has 4 aromatic rings. The molecule has 1 fully saturated rings. The maximum atomic E-state index is 12.8. The average Bonchev–Trinajstić information content (AvgIpc) is 3.44. The van der Waals surface area contributed by atoms with E-state index in [0.717, 1.165) is 47.7 Å². The zero-order chi connectivity index (χ0) is 21.4. The Balaban J connectivity index is 1.39. The van der Waals surface area contributed by atoms with Crippen LogP contribution in [0.4, 0.5) is 0 Å².